The van der Waals surface area contributed by atoms with Crippen LogP contribution in [0.1, 0.15) is 36.7 Å². The van der Waals surface area contributed by atoms with Crippen molar-refractivity contribution in [3.05, 3.63) is 35.4 Å². The Balaban J connectivity index is 3.08. The van der Waals surface area contributed by atoms with Crippen LogP contribution >= 0.6 is 0 Å². The standard InChI is InChI=1S/C14H16N2O/c1-10-5-7-11(8-6-10)13(17)12(9-15)16-14(2,3)4/h5-8H,1-4H3/b16-12+. The number of carbonyl (C=O) groups excluding carboxylic acids is 1. The van der Waals surface area contributed by atoms with Crippen LogP contribution < -0.4 is 0 Å². The predicted octanol–water partition coefficient (Wildman–Crippen LogP) is 2.94. The Labute approximate surface area is 102 Å². The molecule has 0 amide bonds. The van der Waals surface area contributed by atoms with Crippen molar-refractivity contribution in [3.63, 3.8) is 0 Å². The number of hydrogen-bond donors (Lipinski definition) is 0. The number of rotatable bonds is 2. The summed E-state index contributed by atoms with van der Waals surface area (Å²) in [4.78, 5) is 16.1. The van der Waals surface area contributed by atoms with Crippen LogP contribution in [0.15, 0.2) is 29.3 Å². The molecule has 0 unspecified atom stereocenters. The maximum absolute atomic E-state index is 12.0. The molecule has 0 heterocycles. The fourth-order valence-electron chi connectivity index (χ4n) is 1.30. The average Bonchev–Trinajstić information content (AvgIpc) is 2.25. The lowest BCUT2D eigenvalue weighted by molar-refractivity contribution is 0.106. The Bertz CT molecular complexity index is 484. The summed E-state index contributed by atoms with van der Waals surface area (Å²) in [6.07, 6.45) is 0. The van der Waals surface area contributed by atoms with Crippen molar-refractivity contribution in [2.24, 2.45) is 4.99 Å². The first-order chi connectivity index (χ1) is 7.83. The maximum Gasteiger partial charge on any atom is 0.221 e. The SMILES string of the molecule is Cc1ccc(C(=O)/C(C#N)=N/C(C)(C)C)cc1. The Morgan fingerprint density at radius 3 is 2.18 bits per heavy atom. The van der Waals surface area contributed by atoms with Crippen molar-refractivity contribution in [3.8, 4) is 6.07 Å². The third-order valence-electron chi connectivity index (χ3n) is 2.08. The van der Waals surface area contributed by atoms with Crippen molar-refractivity contribution in [1.82, 2.24) is 0 Å². The van der Waals surface area contributed by atoms with Gasteiger partial charge in [-0.2, -0.15) is 5.26 Å². The number of Topliss-reactive ketones (excluding diaryl/α,β-unsaturated/α-hetero) is 1. The molecule has 1 aromatic carbocycles. The summed E-state index contributed by atoms with van der Waals surface area (Å²) in [6.45, 7) is 7.51. The number of nitriles is 1. The molecule has 88 valence electrons. The number of aliphatic imine (C=N–C) groups is 1. The van der Waals surface area contributed by atoms with E-state index < -0.39 is 5.54 Å². The van der Waals surface area contributed by atoms with E-state index in [1.165, 1.54) is 0 Å². The highest BCUT2D eigenvalue weighted by Gasteiger charge is 2.17. The summed E-state index contributed by atoms with van der Waals surface area (Å²) in [5.41, 5.74) is 1.11. The fraction of sp³-hybridized carbons (Fsp3) is 0.357. The first-order valence-electron chi connectivity index (χ1n) is 5.45. The molecule has 1 rings (SSSR count). The van der Waals surface area contributed by atoms with Crippen LogP contribution in [0.3, 0.4) is 0 Å². The van der Waals surface area contributed by atoms with Crippen LogP contribution in [0.2, 0.25) is 0 Å². The highest BCUT2D eigenvalue weighted by atomic mass is 16.1. The molecular formula is C14H16N2O. The van der Waals surface area contributed by atoms with E-state index in [4.69, 9.17) is 5.26 Å². The first-order valence-corrected chi connectivity index (χ1v) is 5.45. The molecule has 0 saturated carbocycles. The number of benzene rings is 1. The molecule has 0 N–H and O–H groups in total. The van der Waals surface area contributed by atoms with Crippen molar-refractivity contribution < 1.29 is 4.79 Å². The lowest BCUT2D eigenvalue weighted by Gasteiger charge is -2.12. The van der Waals surface area contributed by atoms with Gasteiger partial charge in [-0.15, -0.1) is 0 Å². The van der Waals surface area contributed by atoms with Gasteiger partial charge in [0, 0.05) is 5.56 Å². The molecule has 0 aliphatic carbocycles. The quantitative estimate of drug-likeness (QED) is 0.577. The normalized spacial score (nSPS) is 12.1. The van der Waals surface area contributed by atoms with Gasteiger partial charge in [0.15, 0.2) is 5.71 Å². The monoisotopic (exact) mass is 228 g/mol. The Kier molecular flexibility index (Phi) is 3.80. The molecule has 17 heavy (non-hydrogen) atoms. The minimum Gasteiger partial charge on any atom is -0.286 e. The Hall–Kier alpha value is -1.95. The zero-order valence-electron chi connectivity index (χ0n) is 10.6. The van der Waals surface area contributed by atoms with E-state index in [9.17, 15) is 4.79 Å². The largest absolute Gasteiger partial charge is 0.286 e. The second-order valence-electron chi connectivity index (χ2n) is 4.94. The van der Waals surface area contributed by atoms with Gasteiger partial charge in [-0.05, 0) is 27.7 Å². The van der Waals surface area contributed by atoms with Crippen LogP contribution in [-0.4, -0.2) is 17.0 Å². The molecule has 0 aliphatic rings. The molecule has 0 radical (unpaired) electrons. The lowest BCUT2D eigenvalue weighted by Crippen LogP contribution is -2.19. The average molecular weight is 228 g/mol. The van der Waals surface area contributed by atoms with Crippen LogP contribution in [0.25, 0.3) is 0 Å². The number of carbonyl (C=O) groups is 1. The van der Waals surface area contributed by atoms with E-state index in [0.29, 0.717) is 5.56 Å². The van der Waals surface area contributed by atoms with E-state index in [2.05, 4.69) is 4.99 Å². The van der Waals surface area contributed by atoms with Gasteiger partial charge in [0.2, 0.25) is 5.78 Å². The van der Waals surface area contributed by atoms with Gasteiger partial charge in [0.25, 0.3) is 0 Å². The van der Waals surface area contributed by atoms with Gasteiger partial charge < -0.3 is 0 Å². The smallest absolute Gasteiger partial charge is 0.221 e. The summed E-state index contributed by atoms with van der Waals surface area (Å²) in [5.74, 6) is -0.317. The Morgan fingerprint density at radius 1 is 1.24 bits per heavy atom. The Morgan fingerprint density at radius 2 is 1.76 bits per heavy atom. The number of aryl methyl sites for hydroxylation is 1. The molecule has 0 aromatic heterocycles. The van der Waals surface area contributed by atoms with Gasteiger partial charge in [0.1, 0.15) is 6.07 Å². The van der Waals surface area contributed by atoms with Crippen LogP contribution in [0.5, 0.6) is 0 Å². The highest BCUT2D eigenvalue weighted by Crippen LogP contribution is 2.10. The highest BCUT2D eigenvalue weighted by molar-refractivity contribution is 6.51. The second-order valence-corrected chi connectivity index (χ2v) is 4.94. The van der Waals surface area contributed by atoms with Crippen molar-refractivity contribution in [1.29, 1.82) is 5.26 Å². The van der Waals surface area contributed by atoms with Crippen LogP contribution in [0, 0.1) is 18.3 Å². The summed E-state index contributed by atoms with van der Waals surface area (Å²) >= 11 is 0. The van der Waals surface area contributed by atoms with Gasteiger partial charge in [0.05, 0.1) is 5.54 Å². The molecule has 0 aliphatic heterocycles. The maximum atomic E-state index is 12.0. The summed E-state index contributed by atoms with van der Waals surface area (Å²) < 4.78 is 0. The van der Waals surface area contributed by atoms with Crippen molar-refractivity contribution in [2.45, 2.75) is 33.2 Å². The predicted molar refractivity (Wildman–Crippen MR) is 68.3 cm³/mol. The number of hydrogen-bond acceptors (Lipinski definition) is 3. The minimum absolute atomic E-state index is 0.0404. The molecule has 0 saturated heterocycles. The van der Waals surface area contributed by atoms with Gasteiger partial charge in [-0.25, -0.2) is 0 Å². The zero-order chi connectivity index (χ0) is 13.1. The minimum atomic E-state index is -0.425. The molecule has 0 fully saturated rings. The van der Waals surface area contributed by atoms with Crippen LogP contribution in [0.4, 0.5) is 0 Å². The van der Waals surface area contributed by atoms with E-state index in [0.717, 1.165) is 5.56 Å². The number of ketones is 1. The van der Waals surface area contributed by atoms with E-state index in [1.807, 2.05) is 45.9 Å². The van der Waals surface area contributed by atoms with Crippen LogP contribution in [-0.2, 0) is 0 Å². The molecule has 3 heteroatoms. The topological polar surface area (TPSA) is 53.2 Å². The summed E-state index contributed by atoms with van der Waals surface area (Å²) in [7, 11) is 0. The third kappa shape index (κ3) is 3.84. The third-order valence-corrected chi connectivity index (χ3v) is 2.08. The molecule has 0 atom stereocenters. The van der Waals surface area contributed by atoms with Gasteiger partial charge in [-0.3, -0.25) is 9.79 Å². The van der Waals surface area contributed by atoms with Gasteiger partial charge in [-0.1, -0.05) is 29.8 Å². The van der Waals surface area contributed by atoms with Gasteiger partial charge >= 0.3 is 0 Å². The van der Waals surface area contributed by atoms with E-state index >= 15 is 0 Å². The van der Waals surface area contributed by atoms with E-state index in [-0.39, 0.29) is 11.5 Å². The van der Waals surface area contributed by atoms with Crippen molar-refractivity contribution >= 4 is 11.5 Å². The number of nitrogens with zero attached hydrogens (tertiary/aromatic N) is 2. The second kappa shape index (κ2) is 4.92. The molecular weight excluding hydrogens is 212 g/mol. The summed E-state index contributed by atoms with van der Waals surface area (Å²) in [6, 6.07) is 9.00. The zero-order valence-corrected chi connectivity index (χ0v) is 10.6. The molecule has 0 bridgehead atoms. The summed E-state index contributed by atoms with van der Waals surface area (Å²) in [5, 5.41) is 8.97. The molecule has 0 spiro atoms. The molecule has 1 aromatic rings. The first kappa shape index (κ1) is 13.1. The lowest BCUT2D eigenvalue weighted by atomic mass is 10.0. The molecule has 3 nitrogen and oxygen atoms in total. The fourth-order valence-corrected chi connectivity index (χ4v) is 1.30. The van der Waals surface area contributed by atoms with E-state index in [1.54, 1.807) is 12.1 Å². The van der Waals surface area contributed by atoms with Crippen molar-refractivity contribution in [2.75, 3.05) is 0 Å².